The van der Waals surface area contributed by atoms with Crippen molar-refractivity contribution in [1.29, 1.82) is 0 Å². The number of methoxy groups -OCH3 is 1. The van der Waals surface area contributed by atoms with Gasteiger partial charge in [-0.15, -0.1) is 0 Å². The van der Waals surface area contributed by atoms with Gasteiger partial charge in [-0.1, -0.05) is 30.9 Å². The lowest BCUT2D eigenvalue weighted by molar-refractivity contribution is 0.0600. The maximum Gasteiger partial charge on any atom is 0.337 e. The van der Waals surface area contributed by atoms with Crippen molar-refractivity contribution < 1.29 is 14.3 Å². The van der Waals surface area contributed by atoms with Crippen LogP contribution in [0.3, 0.4) is 0 Å². The summed E-state index contributed by atoms with van der Waals surface area (Å²) in [6.07, 6.45) is 6.80. The monoisotopic (exact) mass is 388 g/mol. The van der Waals surface area contributed by atoms with Crippen LogP contribution in [0.4, 0.5) is 11.5 Å². The SMILES string of the molecule is COC(=O)c1ccc(Cl)c(Nc2cc(C(=O)NC3CCCCC3)ncn2)c1. The van der Waals surface area contributed by atoms with Crippen LogP contribution < -0.4 is 10.6 Å². The van der Waals surface area contributed by atoms with Gasteiger partial charge in [0, 0.05) is 12.1 Å². The number of rotatable bonds is 5. The molecule has 7 nitrogen and oxygen atoms in total. The molecule has 0 saturated heterocycles. The van der Waals surface area contributed by atoms with Crippen molar-refractivity contribution in [2.24, 2.45) is 0 Å². The molecule has 2 N–H and O–H groups in total. The standard InChI is InChI=1S/C19H21ClN4O3/c1-27-19(26)12-7-8-14(20)15(9-12)24-17-10-16(21-11-22-17)18(25)23-13-5-3-2-4-6-13/h7-11,13H,2-6H2,1H3,(H,23,25)(H,21,22,24). The second-order valence-corrected chi connectivity index (χ2v) is 6.82. The zero-order valence-electron chi connectivity index (χ0n) is 15.0. The lowest BCUT2D eigenvalue weighted by Gasteiger charge is -2.22. The molecule has 0 bridgehead atoms. The zero-order valence-corrected chi connectivity index (χ0v) is 15.8. The first-order valence-electron chi connectivity index (χ1n) is 8.84. The Labute approximate surface area is 162 Å². The molecule has 1 aliphatic carbocycles. The second-order valence-electron chi connectivity index (χ2n) is 6.41. The van der Waals surface area contributed by atoms with E-state index in [1.165, 1.54) is 19.9 Å². The van der Waals surface area contributed by atoms with Crippen molar-refractivity contribution in [3.63, 3.8) is 0 Å². The number of aromatic nitrogens is 2. The lowest BCUT2D eigenvalue weighted by Crippen LogP contribution is -2.36. The molecule has 1 fully saturated rings. The predicted molar refractivity (Wildman–Crippen MR) is 102 cm³/mol. The molecular formula is C19H21ClN4O3. The quantitative estimate of drug-likeness (QED) is 0.758. The Morgan fingerprint density at radius 3 is 2.67 bits per heavy atom. The number of carbonyl (C=O) groups excluding carboxylic acids is 2. The Kier molecular flexibility index (Phi) is 6.24. The number of nitrogens with one attached hydrogen (secondary N) is 2. The molecule has 0 unspecified atom stereocenters. The van der Waals surface area contributed by atoms with Gasteiger partial charge < -0.3 is 15.4 Å². The van der Waals surface area contributed by atoms with E-state index in [9.17, 15) is 9.59 Å². The number of halogens is 1. The van der Waals surface area contributed by atoms with Gasteiger partial charge in [-0.25, -0.2) is 14.8 Å². The normalized spacial score (nSPS) is 14.4. The summed E-state index contributed by atoms with van der Waals surface area (Å²) in [5.41, 5.74) is 1.11. The lowest BCUT2D eigenvalue weighted by atomic mass is 9.95. The Morgan fingerprint density at radius 2 is 1.93 bits per heavy atom. The molecule has 1 saturated carbocycles. The summed E-state index contributed by atoms with van der Waals surface area (Å²) >= 11 is 6.19. The van der Waals surface area contributed by atoms with E-state index >= 15 is 0 Å². The Bertz CT molecular complexity index is 837. The average Bonchev–Trinajstić information content (AvgIpc) is 2.70. The molecule has 8 heteroatoms. The third-order valence-electron chi connectivity index (χ3n) is 4.49. The third-order valence-corrected chi connectivity index (χ3v) is 4.82. The smallest absolute Gasteiger partial charge is 0.337 e. The number of amides is 1. The van der Waals surface area contributed by atoms with Crippen LogP contribution in [-0.2, 0) is 4.74 Å². The fourth-order valence-electron chi connectivity index (χ4n) is 3.06. The van der Waals surface area contributed by atoms with Crippen molar-refractivity contribution >= 4 is 35.0 Å². The fourth-order valence-corrected chi connectivity index (χ4v) is 3.22. The van der Waals surface area contributed by atoms with Gasteiger partial charge >= 0.3 is 5.97 Å². The molecule has 2 aromatic rings. The first kappa shape index (κ1) is 19.1. The minimum Gasteiger partial charge on any atom is -0.465 e. The number of hydrogen-bond acceptors (Lipinski definition) is 6. The molecule has 0 radical (unpaired) electrons. The molecule has 1 amide bonds. The van der Waals surface area contributed by atoms with Gasteiger partial charge in [0.15, 0.2) is 0 Å². The highest BCUT2D eigenvalue weighted by Crippen LogP contribution is 2.26. The van der Waals surface area contributed by atoms with E-state index in [1.54, 1.807) is 24.3 Å². The number of hydrogen-bond donors (Lipinski definition) is 2. The van der Waals surface area contributed by atoms with Crippen LogP contribution in [0.25, 0.3) is 0 Å². The van der Waals surface area contributed by atoms with Gasteiger partial charge in [-0.3, -0.25) is 4.79 Å². The van der Waals surface area contributed by atoms with Crippen LogP contribution in [0.1, 0.15) is 53.0 Å². The summed E-state index contributed by atoms with van der Waals surface area (Å²) in [5, 5.41) is 6.46. The van der Waals surface area contributed by atoms with Gasteiger partial charge in [0.25, 0.3) is 5.91 Å². The van der Waals surface area contributed by atoms with Crippen LogP contribution in [0.15, 0.2) is 30.6 Å². The van der Waals surface area contributed by atoms with E-state index in [0.29, 0.717) is 22.1 Å². The number of ether oxygens (including phenoxy) is 1. The van der Waals surface area contributed by atoms with Gasteiger partial charge in [0.2, 0.25) is 0 Å². The number of benzene rings is 1. The number of anilines is 2. The first-order chi connectivity index (χ1) is 13.1. The van der Waals surface area contributed by atoms with Crippen LogP contribution in [-0.4, -0.2) is 35.0 Å². The van der Waals surface area contributed by atoms with Gasteiger partial charge in [-0.2, -0.15) is 0 Å². The van der Waals surface area contributed by atoms with E-state index in [4.69, 9.17) is 16.3 Å². The zero-order chi connectivity index (χ0) is 19.2. The second kappa shape index (κ2) is 8.81. The molecule has 1 aromatic heterocycles. The van der Waals surface area contributed by atoms with Crippen molar-refractivity contribution in [2.75, 3.05) is 12.4 Å². The summed E-state index contributed by atoms with van der Waals surface area (Å²) in [6.45, 7) is 0. The molecular weight excluding hydrogens is 368 g/mol. The topological polar surface area (TPSA) is 93.2 Å². The van der Waals surface area contributed by atoms with E-state index in [0.717, 1.165) is 25.7 Å². The highest BCUT2D eigenvalue weighted by molar-refractivity contribution is 6.33. The van der Waals surface area contributed by atoms with E-state index in [2.05, 4.69) is 20.6 Å². The Morgan fingerprint density at radius 1 is 1.15 bits per heavy atom. The Hall–Kier alpha value is -2.67. The van der Waals surface area contributed by atoms with Crippen LogP contribution >= 0.6 is 11.6 Å². The molecule has 0 spiro atoms. The van der Waals surface area contributed by atoms with Crippen LogP contribution in [0, 0.1) is 0 Å². The molecule has 1 aliphatic rings. The molecule has 27 heavy (non-hydrogen) atoms. The molecule has 1 aromatic carbocycles. The minimum absolute atomic E-state index is 0.198. The largest absolute Gasteiger partial charge is 0.465 e. The van der Waals surface area contributed by atoms with Gasteiger partial charge in [0.05, 0.1) is 23.4 Å². The maximum atomic E-state index is 12.5. The minimum atomic E-state index is -0.468. The fraction of sp³-hybridized carbons (Fsp3) is 0.368. The van der Waals surface area contributed by atoms with E-state index in [1.807, 2.05) is 0 Å². The molecule has 0 atom stereocenters. The third kappa shape index (κ3) is 4.95. The van der Waals surface area contributed by atoms with Crippen LogP contribution in [0.5, 0.6) is 0 Å². The van der Waals surface area contributed by atoms with Gasteiger partial charge in [-0.05, 0) is 31.0 Å². The number of esters is 1. The predicted octanol–water partition coefficient (Wildman–Crippen LogP) is 3.72. The highest BCUT2D eigenvalue weighted by atomic mass is 35.5. The van der Waals surface area contributed by atoms with E-state index in [-0.39, 0.29) is 17.6 Å². The summed E-state index contributed by atoms with van der Waals surface area (Å²) in [4.78, 5) is 32.3. The highest BCUT2D eigenvalue weighted by Gasteiger charge is 2.18. The van der Waals surface area contributed by atoms with Gasteiger partial charge in [0.1, 0.15) is 17.8 Å². The summed E-state index contributed by atoms with van der Waals surface area (Å²) in [5.74, 6) is -0.283. The number of nitrogens with zero attached hydrogens (tertiary/aromatic N) is 2. The van der Waals surface area contributed by atoms with Crippen molar-refractivity contribution in [3.05, 3.63) is 46.9 Å². The van der Waals surface area contributed by atoms with Crippen molar-refractivity contribution in [2.45, 2.75) is 38.1 Å². The van der Waals surface area contributed by atoms with Crippen LogP contribution in [0.2, 0.25) is 5.02 Å². The first-order valence-corrected chi connectivity index (χ1v) is 9.22. The maximum absolute atomic E-state index is 12.5. The number of carbonyl (C=O) groups is 2. The molecule has 0 aliphatic heterocycles. The van der Waals surface area contributed by atoms with E-state index < -0.39 is 5.97 Å². The van der Waals surface area contributed by atoms with Crippen molar-refractivity contribution in [3.8, 4) is 0 Å². The summed E-state index contributed by atoms with van der Waals surface area (Å²) in [6, 6.07) is 6.48. The average molecular weight is 389 g/mol. The molecule has 1 heterocycles. The summed E-state index contributed by atoms with van der Waals surface area (Å²) in [7, 11) is 1.31. The van der Waals surface area contributed by atoms with Crippen molar-refractivity contribution in [1.82, 2.24) is 15.3 Å². The Balaban J connectivity index is 1.74. The molecule has 142 valence electrons. The molecule has 3 rings (SSSR count). The summed E-state index contributed by atoms with van der Waals surface area (Å²) < 4.78 is 4.72.